The van der Waals surface area contributed by atoms with Gasteiger partial charge in [0.1, 0.15) is 9.75 Å². The average Bonchev–Trinajstić information content (AvgIpc) is 2.84. The number of hydrogen-bond donors (Lipinski definition) is 2. The first-order chi connectivity index (χ1) is 9.73. The number of carboxylic acids is 2. The van der Waals surface area contributed by atoms with Gasteiger partial charge < -0.3 is 10.2 Å². The van der Waals surface area contributed by atoms with E-state index in [1.165, 1.54) is 22.7 Å². The number of hydrogen-bond acceptors (Lipinski definition) is 4. The van der Waals surface area contributed by atoms with E-state index in [1.54, 1.807) is 0 Å². The van der Waals surface area contributed by atoms with Crippen LogP contribution in [0, 0.1) is 27.7 Å². The van der Waals surface area contributed by atoms with Gasteiger partial charge in [-0.3, -0.25) is 0 Å². The van der Waals surface area contributed by atoms with Gasteiger partial charge in [0.15, 0.2) is 0 Å². The summed E-state index contributed by atoms with van der Waals surface area (Å²) in [6, 6.07) is 0. The molecule has 0 unspecified atom stereocenters. The van der Waals surface area contributed by atoms with E-state index < -0.39 is 11.9 Å². The third kappa shape index (κ3) is 2.73. The van der Waals surface area contributed by atoms with Crippen LogP contribution in [0.1, 0.15) is 51.4 Å². The minimum Gasteiger partial charge on any atom is -0.477 e. The zero-order valence-corrected chi connectivity index (χ0v) is 13.9. The van der Waals surface area contributed by atoms with Crippen molar-refractivity contribution in [1.82, 2.24) is 0 Å². The molecule has 0 aliphatic rings. The smallest absolute Gasteiger partial charge is 0.346 e. The maximum atomic E-state index is 11.4. The Kier molecular flexibility index (Phi) is 4.20. The first-order valence-electron chi connectivity index (χ1n) is 6.38. The number of aryl methyl sites for hydroxylation is 2. The highest BCUT2D eigenvalue weighted by Gasteiger charge is 2.23. The fraction of sp³-hybridized carbons (Fsp3) is 0.333. The summed E-state index contributed by atoms with van der Waals surface area (Å²) in [5, 5.41) is 18.7. The topological polar surface area (TPSA) is 74.6 Å². The second-order valence-corrected chi connectivity index (χ2v) is 7.42. The van der Waals surface area contributed by atoms with Gasteiger partial charge in [0, 0.05) is 16.2 Å². The molecular weight excluding hydrogens is 308 g/mol. The minimum atomic E-state index is -0.951. The number of carbonyl (C=O) groups is 2. The Bertz CT molecular complexity index is 675. The fourth-order valence-corrected chi connectivity index (χ4v) is 4.33. The number of aromatic carboxylic acids is 2. The first-order valence-corrected chi connectivity index (χ1v) is 8.01. The molecule has 4 nitrogen and oxygen atoms in total. The van der Waals surface area contributed by atoms with E-state index in [-0.39, 0.29) is 0 Å². The Morgan fingerprint density at radius 2 is 1.14 bits per heavy atom. The lowest BCUT2D eigenvalue weighted by Gasteiger charge is -2.05. The fourth-order valence-electron chi connectivity index (χ4n) is 2.30. The van der Waals surface area contributed by atoms with Crippen LogP contribution in [0.15, 0.2) is 0 Å². The molecule has 2 N–H and O–H groups in total. The van der Waals surface area contributed by atoms with Crippen LogP contribution in [0.3, 0.4) is 0 Å². The van der Waals surface area contributed by atoms with Crippen molar-refractivity contribution < 1.29 is 19.8 Å². The molecule has 6 heteroatoms. The molecule has 0 amide bonds. The highest BCUT2D eigenvalue weighted by molar-refractivity contribution is 7.14. The van der Waals surface area contributed by atoms with E-state index in [9.17, 15) is 19.8 Å². The van der Waals surface area contributed by atoms with E-state index in [0.29, 0.717) is 16.2 Å². The van der Waals surface area contributed by atoms with Crippen molar-refractivity contribution in [2.24, 2.45) is 0 Å². The summed E-state index contributed by atoms with van der Waals surface area (Å²) in [7, 11) is 0. The highest BCUT2D eigenvalue weighted by Crippen LogP contribution is 2.34. The Balaban J connectivity index is 2.58. The molecule has 0 saturated heterocycles. The Labute approximate surface area is 130 Å². The number of thiophene rings is 2. The van der Waals surface area contributed by atoms with Crippen molar-refractivity contribution in [3.05, 3.63) is 41.8 Å². The summed E-state index contributed by atoms with van der Waals surface area (Å²) in [5.74, 6) is -1.90. The van der Waals surface area contributed by atoms with Crippen LogP contribution in [-0.2, 0) is 6.42 Å². The van der Waals surface area contributed by atoms with Crippen LogP contribution in [0.25, 0.3) is 0 Å². The third-order valence-corrected chi connectivity index (χ3v) is 6.24. The van der Waals surface area contributed by atoms with Gasteiger partial charge in [-0.05, 0) is 49.9 Å². The molecule has 0 aliphatic heterocycles. The van der Waals surface area contributed by atoms with Gasteiger partial charge in [0.05, 0.1) is 0 Å². The molecule has 0 aliphatic carbocycles. The number of carboxylic acid groups (broad SMARTS) is 2. The lowest BCUT2D eigenvalue weighted by Crippen LogP contribution is -2.04. The van der Waals surface area contributed by atoms with Crippen LogP contribution < -0.4 is 0 Å². The number of rotatable bonds is 4. The molecule has 112 valence electrons. The van der Waals surface area contributed by atoms with Gasteiger partial charge in [0.2, 0.25) is 0 Å². The highest BCUT2D eigenvalue weighted by atomic mass is 32.1. The molecule has 0 radical (unpaired) electrons. The molecule has 0 atom stereocenters. The monoisotopic (exact) mass is 324 g/mol. The van der Waals surface area contributed by atoms with Gasteiger partial charge in [-0.25, -0.2) is 9.59 Å². The summed E-state index contributed by atoms with van der Waals surface area (Å²) < 4.78 is 0. The first kappa shape index (κ1) is 15.7. The van der Waals surface area contributed by atoms with E-state index >= 15 is 0 Å². The van der Waals surface area contributed by atoms with E-state index in [4.69, 9.17) is 0 Å². The predicted molar refractivity (Wildman–Crippen MR) is 84.3 cm³/mol. The Hall–Kier alpha value is -1.66. The van der Waals surface area contributed by atoms with Crippen LogP contribution >= 0.6 is 22.7 Å². The van der Waals surface area contributed by atoms with Crippen molar-refractivity contribution >= 4 is 34.6 Å². The molecule has 2 aromatic rings. The van der Waals surface area contributed by atoms with Gasteiger partial charge in [-0.2, -0.15) is 0 Å². The molecule has 0 spiro atoms. The third-order valence-electron chi connectivity index (χ3n) is 3.76. The van der Waals surface area contributed by atoms with Crippen LogP contribution in [0.5, 0.6) is 0 Å². The van der Waals surface area contributed by atoms with Crippen molar-refractivity contribution in [3.8, 4) is 0 Å². The molecule has 0 fully saturated rings. The predicted octanol–water partition coefficient (Wildman–Crippen LogP) is 4.03. The molecular formula is C15H16O4S2. The summed E-state index contributed by atoms with van der Waals surface area (Å²) in [6.07, 6.45) is 0.357. The largest absolute Gasteiger partial charge is 0.477 e. The molecule has 0 aromatic carbocycles. The Morgan fingerprint density at radius 3 is 1.43 bits per heavy atom. The second kappa shape index (κ2) is 5.61. The summed E-state index contributed by atoms with van der Waals surface area (Å²) in [6.45, 7) is 7.56. The van der Waals surface area contributed by atoms with Crippen molar-refractivity contribution in [2.45, 2.75) is 34.1 Å². The van der Waals surface area contributed by atoms with E-state index in [1.807, 2.05) is 27.7 Å². The van der Waals surface area contributed by atoms with Gasteiger partial charge in [-0.15, -0.1) is 22.7 Å². The second-order valence-electron chi connectivity index (χ2n) is 4.97. The molecule has 0 saturated carbocycles. The van der Waals surface area contributed by atoms with Crippen molar-refractivity contribution in [3.63, 3.8) is 0 Å². The quantitative estimate of drug-likeness (QED) is 0.890. The normalized spacial score (nSPS) is 10.9. The molecule has 0 bridgehead atoms. The zero-order valence-electron chi connectivity index (χ0n) is 12.2. The summed E-state index contributed by atoms with van der Waals surface area (Å²) in [4.78, 5) is 25.3. The summed E-state index contributed by atoms with van der Waals surface area (Å²) in [5.41, 5.74) is 3.34. The van der Waals surface area contributed by atoms with Gasteiger partial charge in [-0.1, -0.05) is 0 Å². The van der Waals surface area contributed by atoms with E-state index in [0.717, 1.165) is 32.0 Å². The van der Waals surface area contributed by atoms with Gasteiger partial charge in [0.25, 0.3) is 0 Å². The lowest BCUT2D eigenvalue weighted by molar-refractivity contribution is 0.0691. The van der Waals surface area contributed by atoms with E-state index in [2.05, 4.69) is 0 Å². The molecule has 21 heavy (non-hydrogen) atoms. The molecule has 2 heterocycles. The molecule has 2 aromatic heterocycles. The van der Waals surface area contributed by atoms with Gasteiger partial charge >= 0.3 is 11.9 Å². The Morgan fingerprint density at radius 1 is 0.810 bits per heavy atom. The van der Waals surface area contributed by atoms with Crippen LogP contribution in [-0.4, -0.2) is 22.2 Å². The lowest BCUT2D eigenvalue weighted by atomic mass is 9.98. The maximum absolute atomic E-state index is 11.4. The summed E-state index contributed by atoms with van der Waals surface area (Å²) >= 11 is 2.50. The minimum absolute atomic E-state index is 0.310. The maximum Gasteiger partial charge on any atom is 0.346 e. The average molecular weight is 324 g/mol. The van der Waals surface area contributed by atoms with Crippen molar-refractivity contribution in [1.29, 1.82) is 0 Å². The van der Waals surface area contributed by atoms with Crippen LogP contribution in [0.2, 0.25) is 0 Å². The van der Waals surface area contributed by atoms with Crippen LogP contribution in [0.4, 0.5) is 0 Å². The molecule has 2 rings (SSSR count). The zero-order chi connectivity index (χ0) is 15.9. The van der Waals surface area contributed by atoms with Crippen molar-refractivity contribution in [2.75, 3.05) is 0 Å². The standard InChI is InChI=1S/C15H16O4S2/c1-6-8(3)20-12(14(16)17)10(6)5-11-7(2)9(4)21-13(11)15(18)19/h5H2,1-4H3,(H,16,17)(H,18,19). The SMILES string of the molecule is Cc1sc(C(=O)O)c(Cc2c(C(=O)O)sc(C)c2C)c1C.